The summed E-state index contributed by atoms with van der Waals surface area (Å²) in [6, 6.07) is 10.4. The maximum Gasteiger partial charge on any atom is 0.410 e. The van der Waals surface area contributed by atoms with Gasteiger partial charge in [-0.3, -0.25) is 0 Å². The van der Waals surface area contributed by atoms with Gasteiger partial charge in [0.2, 0.25) is 0 Å². The van der Waals surface area contributed by atoms with Crippen molar-refractivity contribution in [3.63, 3.8) is 0 Å². The number of carbonyl (C=O) groups is 1. The number of fused-ring (bicyclic) bond motifs is 1. The van der Waals surface area contributed by atoms with Crippen molar-refractivity contribution in [1.29, 1.82) is 0 Å². The third-order valence-electron chi connectivity index (χ3n) is 5.93. The average molecular weight is 415 g/mol. The number of piperidine rings is 1. The van der Waals surface area contributed by atoms with Gasteiger partial charge in [0.05, 0.1) is 0 Å². The third kappa shape index (κ3) is 5.78. The van der Waals surface area contributed by atoms with Gasteiger partial charge in [0.25, 0.3) is 0 Å². The summed E-state index contributed by atoms with van der Waals surface area (Å²) in [5, 5.41) is 1.17. The molecule has 0 atom stereocenters. The Morgan fingerprint density at radius 3 is 2.43 bits per heavy atom. The highest BCUT2D eigenvalue weighted by molar-refractivity contribution is 5.78. The van der Waals surface area contributed by atoms with Gasteiger partial charge in [0, 0.05) is 30.4 Å². The number of carbonyl (C=O) groups excluding carboxylic acids is 1. The predicted octanol–water partition coefficient (Wildman–Crippen LogP) is 5.68. The second-order valence-electron chi connectivity index (χ2n) is 10.3. The third-order valence-corrected chi connectivity index (χ3v) is 5.93. The van der Waals surface area contributed by atoms with Gasteiger partial charge in [0.1, 0.15) is 16.9 Å². The largest absolute Gasteiger partial charge is 0.460 e. The summed E-state index contributed by atoms with van der Waals surface area (Å²) in [5.41, 5.74) is 0.467. The molecule has 0 radical (unpaired) electrons. The van der Waals surface area contributed by atoms with Crippen molar-refractivity contribution in [2.24, 2.45) is 5.92 Å². The Bertz CT molecular complexity index is 808. The van der Waals surface area contributed by atoms with Gasteiger partial charge in [-0.25, -0.2) is 4.79 Å². The van der Waals surface area contributed by atoms with Gasteiger partial charge in [-0.2, -0.15) is 0 Å². The summed E-state index contributed by atoms with van der Waals surface area (Å²) >= 11 is 0. The second kappa shape index (κ2) is 9.01. The maximum atomic E-state index is 12.4. The molecule has 30 heavy (non-hydrogen) atoms. The van der Waals surface area contributed by atoms with Crippen LogP contribution in [0.15, 0.2) is 34.7 Å². The van der Waals surface area contributed by atoms with E-state index in [2.05, 4.69) is 36.9 Å². The molecule has 1 fully saturated rings. The van der Waals surface area contributed by atoms with Crippen LogP contribution in [0.25, 0.3) is 11.0 Å². The van der Waals surface area contributed by atoms with Gasteiger partial charge in [-0.05, 0) is 71.7 Å². The highest BCUT2D eigenvalue weighted by atomic mass is 16.6. The monoisotopic (exact) mass is 414 g/mol. The fourth-order valence-corrected chi connectivity index (χ4v) is 4.25. The summed E-state index contributed by atoms with van der Waals surface area (Å²) in [6.07, 6.45) is 2.02. The lowest BCUT2D eigenvalue weighted by molar-refractivity contribution is 0.0202. The first-order valence-corrected chi connectivity index (χ1v) is 11.3. The summed E-state index contributed by atoms with van der Waals surface area (Å²) < 4.78 is 11.7. The molecule has 5 nitrogen and oxygen atoms in total. The molecule has 1 amide bonds. The van der Waals surface area contributed by atoms with E-state index < -0.39 is 5.60 Å². The molecule has 0 saturated carbocycles. The van der Waals surface area contributed by atoms with E-state index in [9.17, 15) is 4.79 Å². The molecule has 0 aliphatic carbocycles. The van der Waals surface area contributed by atoms with E-state index in [-0.39, 0.29) is 11.5 Å². The van der Waals surface area contributed by atoms with E-state index in [1.807, 2.05) is 44.7 Å². The van der Waals surface area contributed by atoms with E-state index >= 15 is 0 Å². The van der Waals surface area contributed by atoms with Crippen LogP contribution in [0.1, 0.15) is 60.1 Å². The first kappa shape index (κ1) is 22.7. The van der Waals surface area contributed by atoms with Crippen molar-refractivity contribution in [1.82, 2.24) is 9.80 Å². The molecule has 1 aromatic heterocycles. The Morgan fingerprint density at radius 1 is 1.17 bits per heavy atom. The van der Waals surface area contributed by atoms with Gasteiger partial charge in [-0.1, -0.05) is 32.0 Å². The molecule has 0 N–H and O–H groups in total. The second-order valence-corrected chi connectivity index (χ2v) is 10.3. The van der Waals surface area contributed by atoms with Crippen LogP contribution < -0.4 is 0 Å². The van der Waals surface area contributed by atoms with Crippen molar-refractivity contribution < 1.29 is 13.9 Å². The van der Waals surface area contributed by atoms with Crippen molar-refractivity contribution in [3.05, 3.63) is 36.1 Å². The van der Waals surface area contributed by atoms with Crippen LogP contribution in [0.4, 0.5) is 4.79 Å². The lowest BCUT2D eigenvalue weighted by Gasteiger charge is -2.38. The van der Waals surface area contributed by atoms with Gasteiger partial charge in [0.15, 0.2) is 0 Å². The van der Waals surface area contributed by atoms with Crippen molar-refractivity contribution in [2.45, 2.75) is 65.4 Å². The average Bonchev–Trinajstić information content (AvgIpc) is 3.11. The molecule has 1 aliphatic heterocycles. The standard InChI is InChI=1S/C25H38N2O3/c1-7-27(23(28)30-24(2,3)4)17-19-12-14-26(15-13-19)18-25(5,6)22-16-20-10-8-9-11-21(20)29-22/h8-11,16,19H,7,12-15,17-18H2,1-6H3. The number of furan rings is 1. The van der Waals surface area contributed by atoms with Crippen molar-refractivity contribution in [2.75, 3.05) is 32.7 Å². The molecule has 1 aromatic carbocycles. The maximum absolute atomic E-state index is 12.4. The van der Waals surface area contributed by atoms with Gasteiger partial charge < -0.3 is 19.0 Å². The van der Waals surface area contributed by atoms with E-state index in [1.54, 1.807) is 0 Å². The zero-order valence-corrected chi connectivity index (χ0v) is 19.5. The summed E-state index contributed by atoms with van der Waals surface area (Å²) in [4.78, 5) is 16.8. The Labute approximate surface area is 181 Å². The minimum atomic E-state index is -0.448. The molecule has 0 bridgehead atoms. The zero-order valence-electron chi connectivity index (χ0n) is 19.5. The number of rotatable bonds is 6. The Balaban J connectivity index is 1.52. The number of hydrogen-bond acceptors (Lipinski definition) is 4. The van der Waals surface area contributed by atoms with Gasteiger partial charge >= 0.3 is 6.09 Å². The molecule has 0 unspecified atom stereocenters. The molecule has 166 valence electrons. The fraction of sp³-hybridized carbons (Fsp3) is 0.640. The quantitative estimate of drug-likeness (QED) is 0.610. The fourth-order valence-electron chi connectivity index (χ4n) is 4.25. The summed E-state index contributed by atoms with van der Waals surface area (Å²) in [6.45, 7) is 16.9. The van der Waals surface area contributed by atoms with E-state index in [0.29, 0.717) is 12.5 Å². The van der Waals surface area contributed by atoms with E-state index in [1.165, 1.54) is 5.39 Å². The summed E-state index contributed by atoms with van der Waals surface area (Å²) in [5.74, 6) is 1.58. The molecule has 2 heterocycles. The Kier molecular flexibility index (Phi) is 6.81. The number of para-hydroxylation sites is 1. The molecule has 1 aliphatic rings. The lowest BCUT2D eigenvalue weighted by atomic mass is 9.87. The van der Waals surface area contributed by atoms with E-state index in [4.69, 9.17) is 9.15 Å². The molecular formula is C25H38N2O3. The van der Waals surface area contributed by atoms with Crippen LogP contribution in [-0.2, 0) is 10.2 Å². The number of benzene rings is 1. The minimum absolute atomic E-state index is 0.0438. The molecule has 1 saturated heterocycles. The Hall–Kier alpha value is -2.01. The van der Waals surface area contributed by atoms with Crippen LogP contribution in [-0.4, -0.2) is 54.2 Å². The number of likely N-dealkylation sites (tertiary alicyclic amines) is 1. The number of hydrogen-bond donors (Lipinski definition) is 0. The van der Waals surface area contributed by atoms with Crippen LogP contribution in [0.5, 0.6) is 0 Å². The van der Waals surface area contributed by atoms with E-state index in [0.717, 1.165) is 50.4 Å². The molecule has 3 rings (SSSR count). The number of nitrogens with zero attached hydrogens (tertiary/aromatic N) is 2. The smallest absolute Gasteiger partial charge is 0.410 e. The number of amides is 1. The molecule has 2 aromatic rings. The van der Waals surface area contributed by atoms with Crippen LogP contribution in [0.2, 0.25) is 0 Å². The SMILES string of the molecule is CCN(CC1CCN(CC(C)(C)c2cc3ccccc3o2)CC1)C(=O)OC(C)(C)C. The van der Waals surface area contributed by atoms with Crippen molar-refractivity contribution in [3.8, 4) is 0 Å². The first-order valence-electron chi connectivity index (χ1n) is 11.3. The molecule has 0 spiro atoms. The first-order chi connectivity index (χ1) is 14.1. The highest BCUT2D eigenvalue weighted by Gasteiger charge is 2.31. The van der Waals surface area contributed by atoms with Crippen LogP contribution in [0.3, 0.4) is 0 Å². The van der Waals surface area contributed by atoms with Gasteiger partial charge in [-0.15, -0.1) is 0 Å². The normalized spacial score (nSPS) is 16.7. The minimum Gasteiger partial charge on any atom is -0.460 e. The Morgan fingerprint density at radius 2 is 1.83 bits per heavy atom. The number of ether oxygens (including phenoxy) is 1. The lowest BCUT2D eigenvalue weighted by Crippen LogP contribution is -2.45. The zero-order chi connectivity index (χ0) is 21.9. The van der Waals surface area contributed by atoms with Crippen LogP contribution >= 0.6 is 0 Å². The summed E-state index contributed by atoms with van der Waals surface area (Å²) in [7, 11) is 0. The molecule has 5 heteroatoms. The topological polar surface area (TPSA) is 45.9 Å². The van der Waals surface area contributed by atoms with Crippen molar-refractivity contribution >= 4 is 17.1 Å². The van der Waals surface area contributed by atoms with Crippen LogP contribution in [0, 0.1) is 5.92 Å². The molecular weight excluding hydrogens is 376 g/mol. The highest BCUT2D eigenvalue weighted by Crippen LogP contribution is 2.31. The predicted molar refractivity (Wildman–Crippen MR) is 122 cm³/mol.